The van der Waals surface area contributed by atoms with Crippen molar-refractivity contribution in [2.24, 2.45) is 0 Å². The first kappa shape index (κ1) is 54.8. The van der Waals surface area contributed by atoms with Gasteiger partial charge in [0.05, 0.1) is 101 Å². The van der Waals surface area contributed by atoms with Crippen LogP contribution in [0.5, 0.6) is 0 Å². The van der Waals surface area contributed by atoms with Gasteiger partial charge in [0.1, 0.15) is 0 Å². The second-order valence-electron chi connectivity index (χ2n) is 13.4. The molecule has 0 aromatic heterocycles. The third kappa shape index (κ3) is 18.4. The first-order valence-corrected chi connectivity index (χ1v) is 27.3. The molecule has 0 fully saturated rings. The molecule has 8 aromatic carbocycles. The summed E-state index contributed by atoms with van der Waals surface area (Å²) in [7, 11) is -2.18. The summed E-state index contributed by atoms with van der Waals surface area (Å²) in [6.45, 7) is 9.37. The molecule has 8 aromatic rings. The third-order valence-electron chi connectivity index (χ3n) is 9.65. The molecular formula is C52H60O2P4Pt2+4. The quantitative estimate of drug-likeness (QED) is 0.138. The Hall–Kier alpha value is -3.22. The molecule has 0 saturated carbocycles. The average molecular weight is 1230 g/mol. The zero-order valence-electron chi connectivity index (χ0n) is 34.7. The summed E-state index contributed by atoms with van der Waals surface area (Å²) >= 11 is 0. The minimum absolute atomic E-state index is 0. The van der Waals surface area contributed by atoms with E-state index in [1.54, 1.807) is 0 Å². The molecule has 0 aliphatic rings. The van der Waals surface area contributed by atoms with Crippen LogP contribution in [-0.2, 0) is 42.1 Å². The van der Waals surface area contributed by atoms with Gasteiger partial charge in [0, 0.05) is 42.1 Å². The fourth-order valence-corrected chi connectivity index (χ4v) is 13.0. The molecule has 4 N–H and O–H groups in total. The fraction of sp³-hybridized carbons (Fsp3) is 0.0769. The maximum absolute atomic E-state index is 2.34. The molecule has 0 saturated heterocycles. The van der Waals surface area contributed by atoms with E-state index in [-0.39, 0.29) is 53.1 Å². The van der Waals surface area contributed by atoms with Gasteiger partial charge < -0.3 is 11.0 Å². The zero-order valence-corrected chi connectivity index (χ0v) is 43.3. The maximum atomic E-state index is 2.34. The van der Waals surface area contributed by atoms with Gasteiger partial charge in [0.25, 0.3) is 0 Å². The minimum Gasteiger partial charge on any atom is -0.412 e. The van der Waals surface area contributed by atoms with Gasteiger partial charge in [-0.25, -0.2) is 0 Å². The van der Waals surface area contributed by atoms with Gasteiger partial charge >= 0.3 is 0 Å². The molecule has 0 spiro atoms. The van der Waals surface area contributed by atoms with E-state index < -0.39 is 31.7 Å². The van der Waals surface area contributed by atoms with Crippen molar-refractivity contribution in [1.29, 1.82) is 0 Å². The van der Waals surface area contributed by atoms with Crippen LogP contribution >= 0.6 is 31.7 Å². The van der Waals surface area contributed by atoms with E-state index in [0.717, 1.165) is 0 Å². The molecule has 0 bridgehead atoms. The Bertz CT molecular complexity index is 1710. The summed E-state index contributed by atoms with van der Waals surface area (Å²) in [4.78, 5) is 0. The van der Waals surface area contributed by atoms with Crippen molar-refractivity contribution >= 4 is 74.1 Å². The summed E-state index contributed by atoms with van der Waals surface area (Å²) in [5, 5.41) is 11.8. The van der Waals surface area contributed by atoms with Crippen molar-refractivity contribution in [2.45, 2.75) is 0 Å². The van der Waals surface area contributed by atoms with Gasteiger partial charge in [-0.05, 0) is 97.1 Å². The summed E-state index contributed by atoms with van der Waals surface area (Å²) < 4.78 is 0. The SMILES string of the molecule is C[PH+](c1ccccc1)c1ccccc1.C[PH+](c1ccccc1)c1ccccc1.C[PH+](c1ccccc1)c1ccccc1.C[PH+](c1ccccc1)c1ccccc1.O.O.[Pt].[Pt]. The largest absolute Gasteiger partial charge is 0.412 e. The Morgan fingerprint density at radius 2 is 0.267 bits per heavy atom. The third-order valence-corrected chi connectivity index (χ3v) is 19.2. The van der Waals surface area contributed by atoms with Crippen LogP contribution in [0, 0.1) is 0 Å². The molecular weight excluding hydrogens is 1170 g/mol. The van der Waals surface area contributed by atoms with E-state index in [0.29, 0.717) is 0 Å². The Balaban J connectivity index is 0.000000391. The van der Waals surface area contributed by atoms with Crippen LogP contribution in [0.2, 0.25) is 0 Å². The van der Waals surface area contributed by atoms with E-state index >= 15 is 0 Å². The average Bonchev–Trinajstić information content (AvgIpc) is 3.31. The Labute approximate surface area is 393 Å². The van der Waals surface area contributed by atoms with Crippen molar-refractivity contribution in [2.75, 3.05) is 26.7 Å². The molecule has 0 aliphatic carbocycles. The molecule has 2 nitrogen and oxygen atoms in total. The van der Waals surface area contributed by atoms with Gasteiger partial charge in [-0.3, -0.25) is 0 Å². The second-order valence-corrected chi connectivity index (χ2v) is 23.0. The molecule has 0 atom stereocenters. The number of hydrogen-bond acceptors (Lipinski definition) is 0. The van der Waals surface area contributed by atoms with Crippen molar-refractivity contribution in [3.8, 4) is 0 Å². The van der Waals surface area contributed by atoms with Crippen LogP contribution in [0.25, 0.3) is 0 Å². The summed E-state index contributed by atoms with van der Waals surface area (Å²) in [6, 6.07) is 86.0. The van der Waals surface area contributed by atoms with Crippen molar-refractivity contribution in [1.82, 2.24) is 0 Å². The molecule has 0 aliphatic heterocycles. The van der Waals surface area contributed by atoms with E-state index in [9.17, 15) is 0 Å². The van der Waals surface area contributed by atoms with Gasteiger partial charge in [-0.15, -0.1) is 0 Å². The second kappa shape index (κ2) is 31.6. The van der Waals surface area contributed by atoms with Crippen LogP contribution in [0.4, 0.5) is 0 Å². The monoisotopic (exact) mass is 1230 g/mol. The maximum Gasteiger partial charge on any atom is 0.0964 e. The predicted octanol–water partition coefficient (Wildman–Crippen LogP) is 8.27. The van der Waals surface area contributed by atoms with Gasteiger partial charge in [0.2, 0.25) is 0 Å². The summed E-state index contributed by atoms with van der Waals surface area (Å²) in [5.74, 6) is 0. The van der Waals surface area contributed by atoms with E-state index in [2.05, 4.69) is 269 Å². The van der Waals surface area contributed by atoms with Crippen LogP contribution in [0.1, 0.15) is 0 Å². The van der Waals surface area contributed by atoms with E-state index in [4.69, 9.17) is 0 Å². The van der Waals surface area contributed by atoms with Crippen molar-refractivity contribution in [3.63, 3.8) is 0 Å². The zero-order chi connectivity index (χ0) is 39.2. The number of hydrogen-bond donors (Lipinski definition) is 0. The van der Waals surface area contributed by atoms with Crippen LogP contribution in [-0.4, -0.2) is 37.6 Å². The number of rotatable bonds is 8. The topological polar surface area (TPSA) is 63.0 Å². The molecule has 0 unspecified atom stereocenters. The Morgan fingerprint density at radius 1 is 0.183 bits per heavy atom. The van der Waals surface area contributed by atoms with Crippen LogP contribution in [0.15, 0.2) is 243 Å². The first-order valence-electron chi connectivity index (χ1n) is 19.3. The molecule has 0 amide bonds. The molecule has 316 valence electrons. The molecule has 60 heavy (non-hydrogen) atoms. The first-order chi connectivity index (χ1) is 27.5. The molecule has 0 heterocycles. The molecule has 8 heteroatoms. The Morgan fingerprint density at radius 3 is 0.350 bits per heavy atom. The van der Waals surface area contributed by atoms with Crippen LogP contribution < -0.4 is 42.4 Å². The van der Waals surface area contributed by atoms with Gasteiger partial charge in [0.15, 0.2) is 0 Å². The van der Waals surface area contributed by atoms with Crippen molar-refractivity contribution in [3.05, 3.63) is 243 Å². The smallest absolute Gasteiger partial charge is 0.0964 e. The van der Waals surface area contributed by atoms with Crippen molar-refractivity contribution < 1.29 is 53.1 Å². The van der Waals surface area contributed by atoms with Crippen LogP contribution in [0.3, 0.4) is 0 Å². The van der Waals surface area contributed by atoms with E-state index in [1.165, 1.54) is 42.4 Å². The predicted molar refractivity (Wildman–Crippen MR) is 273 cm³/mol. The summed E-state index contributed by atoms with van der Waals surface area (Å²) in [6.07, 6.45) is 0. The minimum atomic E-state index is -0.545. The normalized spacial score (nSPS) is 9.73. The summed E-state index contributed by atoms with van der Waals surface area (Å²) in [5.41, 5.74) is 0. The number of benzene rings is 8. The molecule has 8 rings (SSSR count). The Kier molecular flexibility index (Phi) is 28.9. The van der Waals surface area contributed by atoms with Gasteiger partial charge in [-0.1, -0.05) is 146 Å². The van der Waals surface area contributed by atoms with Gasteiger partial charge in [-0.2, -0.15) is 0 Å². The standard InChI is InChI=1S/4C13H13P.2H2O.2Pt/c4*1-14(12-8-4-2-5-9-12)13-10-6-3-7-11-13;;;;/h4*2-11H,1H3;2*1H2;;/p+4. The fourth-order valence-electron chi connectivity index (χ4n) is 6.17. The van der Waals surface area contributed by atoms with E-state index in [1.807, 2.05) is 0 Å². The molecule has 0 radical (unpaired) electrons.